The second kappa shape index (κ2) is 9.44. The summed E-state index contributed by atoms with van der Waals surface area (Å²) in [4.78, 5) is 0. The lowest BCUT2D eigenvalue weighted by molar-refractivity contribution is 0.669. The van der Waals surface area contributed by atoms with Gasteiger partial charge in [-0.2, -0.15) is 0 Å². The van der Waals surface area contributed by atoms with Gasteiger partial charge in [0.2, 0.25) is 0 Å². The zero-order valence-electron chi connectivity index (χ0n) is 28.0. The molecule has 1 heterocycles. The lowest BCUT2D eigenvalue weighted by atomic mass is 9.85. The van der Waals surface area contributed by atoms with E-state index in [2.05, 4.69) is 84.9 Å². The van der Waals surface area contributed by atoms with Crippen molar-refractivity contribution in [1.82, 2.24) is 0 Å². The number of benzene rings is 8. The van der Waals surface area contributed by atoms with Crippen LogP contribution >= 0.6 is 0 Å². The maximum atomic E-state index is 8.58. The number of furan rings is 1. The predicted molar refractivity (Wildman–Crippen MR) is 183 cm³/mol. The van der Waals surface area contributed by atoms with Crippen molar-refractivity contribution < 1.29 is 11.3 Å². The standard InChI is InChI=1S/C42H26O/c1-2-11-27(12-3-1)28-15-10-16-31(23-28)41-34-17-6-8-19-36(34)42(37-20-9-7-18-35(37)41)32-21-22-33-38-24-29-13-4-5-14-30(29)25-40(38)43-39(33)26-32/h1-26H/i1D,2D,3D,11D,12D. The molecule has 0 aliphatic rings. The number of hydrogen-bond donors (Lipinski definition) is 0. The minimum absolute atomic E-state index is 0.195. The largest absolute Gasteiger partial charge is 0.456 e. The van der Waals surface area contributed by atoms with Crippen LogP contribution in [-0.4, -0.2) is 0 Å². The van der Waals surface area contributed by atoms with Crippen LogP contribution in [0.2, 0.25) is 0 Å². The summed E-state index contributed by atoms with van der Waals surface area (Å²) in [6.07, 6.45) is 0. The van der Waals surface area contributed by atoms with Gasteiger partial charge in [0.1, 0.15) is 11.2 Å². The first-order valence-corrected chi connectivity index (χ1v) is 14.4. The van der Waals surface area contributed by atoms with Gasteiger partial charge < -0.3 is 4.42 Å². The van der Waals surface area contributed by atoms with E-state index in [0.717, 1.165) is 71.1 Å². The fourth-order valence-corrected chi connectivity index (χ4v) is 6.59. The van der Waals surface area contributed by atoms with Crippen molar-refractivity contribution in [3.05, 3.63) is 158 Å². The van der Waals surface area contributed by atoms with E-state index in [-0.39, 0.29) is 29.7 Å². The zero-order valence-corrected chi connectivity index (χ0v) is 23.0. The molecule has 0 saturated heterocycles. The van der Waals surface area contributed by atoms with Gasteiger partial charge in [0.05, 0.1) is 6.85 Å². The van der Waals surface area contributed by atoms with Gasteiger partial charge in [0, 0.05) is 10.8 Å². The molecule has 43 heavy (non-hydrogen) atoms. The summed E-state index contributed by atoms with van der Waals surface area (Å²) in [5, 5.41) is 8.78. The molecule has 1 nitrogen and oxygen atoms in total. The summed E-state index contributed by atoms with van der Waals surface area (Å²) >= 11 is 0. The van der Waals surface area contributed by atoms with Crippen LogP contribution in [0.15, 0.2) is 162 Å². The summed E-state index contributed by atoms with van der Waals surface area (Å²) < 4.78 is 48.1. The molecular weight excluding hydrogens is 520 g/mol. The van der Waals surface area contributed by atoms with E-state index in [0.29, 0.717) is 5.56 Å². The van der Waals surface area contributed by atoms with E-state index in [4.69, 9.17) is 11.3 Å². The Morgan fingerprint density at radius 1 is 0.372 bits per heavy atom. The molecule has 0 aliphatic heterocycles. The molecule has 1 aromatic heterocycles. The summed E-state index contributed by atoms with van der Waals surface area (Å²) in [5.41, 5.74) is 6.56. The average molecular weight is 552 g/mol. The van der Waals surface area contributed by atoms with Gasteiger partial charge in [-0.15, -0.1) is 0 Å². The highest BCUT2D eigenvalue weighted by Crippen LogP contribution is 2.45. The quantitative estimate of drug-likeness (QED) is 0.199. The third-order valence-corrected chi connectivity index (χ3v) is 8.50. The van der Waals surface area contributed by atoms with Crippen molar-refractivity contribution in [2.75, 3.05) is 0 Å². The van der Waals surface area contributed by atoms with Crippen LogP contribution in [-0.2, 0) is 0 Å². The van der Waals surface area contributed by atoms with Crippen LogP contribution in [0.5, 0.6) is 0 Å². The van der Waals surface area contributed by atoms with Crippen LogP contribution in [0.25, 0.3) is 87.6 Å². The molecule has 0 aliphatic carbocycles. The smallest absolute Gasteiger partial charge is 0.136 e. The van der Waals surface area contributed by atoms with E-state index < -0.39 is 6.04 Å². The Morgan fingerprint density at radius 3 is 1.60 bits per heavy atom. The summed E-state index contributed by atoms with van der Waals surface area (Å²) in [6, 6.07) is 42.0. The van der Waals surface area contributed by atoms with E-state index in [9.17, 15) is 0 Å². The molecule has 0 amide bonds. The highest BCUT2D eigenvalue weighted by Gasteiger charge is 2.18. The highest BCUT2D eigenvalue weighted by molar-refractivity contribution is 6.22. The Hall–Kier alpha value is -5.66. The van der Waals surface area contributed by atoms with Crippen molar-refractivity contribution >= 4 is 54.3 Å². The van der Waals surface area contributed by atoms with Crippen molar-refractivity contribution in [1.29, 1.82) is 0 Å². The summed E-state index contributed by atoms with van der Waals surface area (Å²) in [5.74, 6) is 0. The molecule has 0 N–H and O–H groups in total. The molecule has 0 unspecified atom stereocenters. The maximum absolute atomic E-state index is 8.58. The van der Waals surface area contributed by atoms with Gasteiger partial charge in [-0.3, -0.25) is 0 Å². The minimum Gasteiger partial charge on any atom is -0.456 e. The van der Waals surface area contributed by atoms with Crippen molar-refractivity contribution in [2.24, 2.45) is 0 Å². The van der Waals surface area contributed by atoms with Crippen LogP contribution in [0.3, 0.4) is 0 Å². The van der Waals surface area contributed by atoms with E-state index in [1.54, 1.807) is 0 Å². The minimum atomic E-state index is -0.397. The Kier molecular flexibility index (Phi) is 4.27. The van der Waals surface area contributed by atoms with E-state index >= 15 is 0 Å². The maximum Gasteiger partial charge on any atom is 0.136 e. The first-order valence-electron chi connectivity index (χ1n) is 16.9. The molecule has 0 bridgehead atoms. The fourth-order valence-electron chi connectivity index (χ4n) is 6.59. The summed E-state index contributed by atoms with van der Waals surface area (Å²) in [6.45, 7) is 0. The van der Waals surface area contributed by atoms with E-state index in [1.165, 1.54) is 5.39 Å². The molecule has 1 heteroatoms. The van der Waals surface area contributed by atoms with Gasteiger partial charge in [0.15, 0.2) is 0 Å². The van der Waals surface area contributed by atoms with Crippen LogP contribution in [0.4, 0.5) is 0 Å². The normalized spacial score (nSPS) is 13.3. The Bertz CT molecular complexity index is 2710. The van der Waals surface area contributed by atoms with Gasteiger partial charge in [-0.05, 0) is 96.0 Å². The average Bonchev–Trinajstić information content (AvgIpc) is 3.47. The molecule has 200 valence electrons. The number of fused-ring (bicyclic) bond motifs is 6. The number of hydrogen-bond acceptors (Lipinski definition) is 1. The van der Waals surface area contributed by atoms with Gasteiger partial charge >= 0.3 is 0 Å². The molecular formula is C42H26O. The second-order valence-electron chi connectivity index (χ2n) is 10.9. The molecule has 0 fully saturated rings. The first-order chi connectivity index (χ1) is 23.4. The zero-order chi connectivity index (χ0) is 32.7. The number of rotatable bonds is 3. The Morgan fingerprint density at radius 2 is 0.930 bits per heavy atom. The van der Waals surface area contributed by atoms with Gasteiger partial charge in [-0.25, -0.2) is 0 Å². The predicted octanol–water partition coefficient (Wildman–Crippen LogP) is 12.0. The Labute approximate surface area is 256 Å². The van der Waals surface area contributed by atoms with Crippen LogP contribution < -0.4 is 0 Å². The third kappa shape index (κ3) is 3.79. The molecule has 0 atom stereocenters. The fraction of sp³-hybridized carbons (Fsp3) is 0. The third-order valence-electron chi connectivity index (χ3n) is 8.50. The second-order valence-corrected chi connectivity index (χ2v) is 10.9. The lowest BCUT2D eigenvalue weighted by Gasteiger charge is -2.18. The van der Waals surface area contributed by atoms with E-state index in [1.807, 2.05) is 42.5 Å². The Balaban J connectivity index is 1.29. The molecule has 9 aromatic rings. The van der Waals surface area contributed by atoms with Crippen LogP contribution in [0.1, 0.15) is 6.85 Å². The molecule has 0 spiro atoms. The molecule has 0 saturated carbocycles. The van der Waals surface area contributed by atoms with Gasteiger partial charge in [-0.1, -0.05) is 127 Å². The molecule has 0 radical (unpaired) electrons. The van der Waals surface area contributed by atoms with Crippen molar-refractivity contribution in [3.8, 4) is 33.4 Å². The van der Waals surface area contributed by atoms with Gasteiger partial charge in [0.25, 0.3) is 0 Å². The first kappa shape index (κ1) is 19.5. The topological polar surface area (TPSA) is 13.1 Å². The van der Waals surface area contributed by atoms with Crippen molar-refractivity contribution in [3.63, 3.8) is 0 Å². The lowest BCUT2D eigenvalue weighted by Crippen LogP contribution is -1.91. The highest BCUT2D eigenvalue weighted by atomic mass is 16.3. The molecule has 8 aromatic carbocycles. The summed E-state index contributed by atoms with van der Waals surface area (Å²) in [7, 11) is 0. The monoisotopic (exact) mass is 551 g/mol. The van der Waals surface area contributed by atoms with Crippen LogP contribution in [0, 0.1) is 0 Å². The van der Waals surface area contributed by atoms with Crippen molar-refractivity contribution in [2.45, 2.75) is 0 Å². The SMILES string of the molecule is [2H]c1c([2H])c([2H])c(-c2cccc(-c3c4ccccc4c(-c4ccc5c(c4)oc4cc6ccccc6cc45)c4ccccc34)c2)c([2H])c1[2H]. The molecule has 9 rings (SSSR count).